The van der Waals surface area contributed by atoms with E-state index in [1.807, 2.05) is 25.7 Å². The van der Waals surface area contributed by atoms with Crippen LogP contribution in [0.5, 0.6) is 0 Å². The van der Waals surface area contributed by atoms with Crippen LogP contribution in [0.2, 0.25) is 0 Å². The highest BCUT2D eigenvalue weighted by molar-refractivity contribution is 7.90. The van der Waals surface area contributed by atoms with Crippen molar-refractivity contribution in [1.29, 1.82) is 0 Å². The second kappa shape index (κ2) is 8.58. The Balaban J connectivity index is 0.00000261. The second-order valence-corrected chi connectivity index (χ2v) is 9.01. The molecule has 2 aliphatic rings. The highest BCUT2D eigenvalue weighted by Gasteiger charge is 2.33. The molecule has 2 unspecified atom stereocenters. The normalized spacial score (nSPS) is 23.5. The van der Waals surface area contributed by atoms with Gasteiger partial charge in [0.15, 0.2) is 0 Å². The molecule has 0 radical (unpaired) electrons. The van der Waals surface area contributed by atoms with Gasteiger partial charge in [0.05, 0.1) is 4.90 Å². The van der Waals surface area contributed by atoms with E-state index in [0.717, 1.165) is 6.54 Å². The monoisotopic (exact) mass is 414 g/mol. The number of hydrogen-bond donors (Lipinski definition) is 2. The molecule has 27 heavy (non-hydrogen) atoms. The van der Waals surface area contributed by atoms with E-state index < -0.39 is 16.1 Å². The smallest absolute Gasteiger partial charge is 0.263 e. The van der Waals surface area contributed by atoms with Crippen LogP contribution in [0, 0.1) is 5.92 Å². The van der Waals surface area contributed by atoms with Gasteiger partial charge in [-0.05, 0) is 31.4 Å². The molecule has 2 aliphatic heterocycles. The van der Waals surface area contributed by atoms with Crippen LogP contribution < -0.4 is 10.0 Å². The summed E-state index contributed by atoms with van der Waals surface area (Å²) in [7, 11) is -3.60. The summed E-state index contributed by atoms with van der Waals surface area (Å²) in [4.78, 5) is 19.7. The fourth-order valence-electron chi connectivity index (χ4n) is 3.38. The highest BCUT2D eigenvalue weighted by Crippen LogP contribution is 2.24. The van der Waals surface area contributed by atoms with Crippen LogP contribution in [0.25, 0.3) is 0 Å². The van der Waals surface area contributed by atoms with Gasteiger partial charge in [0.25, 0.3) is 10.0 Å². The quantitative estimate of drug-likeness (QED) is 0.778. The molecule has 1 fully saturated rings. The van der Waals surface area contributed by atoms with E-state index in [2.05, 4.69) is 15.0 Å². The van der Waals surface area contributed by atoms with E-state index in [9.17, 15) is 13.2 Å². The Bertz CT molecular complexity index is 826. The van der Waals surface area contributed by atoms with Crippen molar-refractivity contribution in [2.75, 3.05) is 19.6 Å². The van der Waals surface area contributed by atoms with Crippen molar-refractivity contribution in [3.05, 3.63) is 29.8 Å². The maximum Gasteiger partial charge on any atom is 0.263 e. The minimum absolute atomic E-state index is 0. The molecule has 0 aliphatic carbocycles. The molecule has 9 heteroatoms. The predicted molar refractivity (Wildman–Crippen MR) is 108 cm³/mol. The first-order chi connectivity index (χ1) is 12.3. The van der Waals surface area contributed by atoms with E-state index in [1.165, 1.54) is 0 Å². The first kappa shape index (κ1) is 21.7. The average Bonchev–Trinajstić information content (AvgIpc) is 2.84. The van der Waals surface area contributed by atoms with Gasteiger partial charge in [-0.1, -0.05) is 26.0 Å². The highest BCUT2D eigenvalue weighted by atomic mass is 35.5. The average molecular weight is 415 g/mol. The number of nitrogens with one attached hydrogen (secondary N) is 2. The Morgan fingerprint density at radius 2 is 2.04 bits per heavy atom. The van der Waals surface area contributed by atoms with Gasteiger partial charge in [-0.2, -0.15) is 0 Å². The van der Waals surface area contributed by atoms with Gasteiger partial charge in [0.1, 0.15) is 11.9 Å². The van der Waals surface area contributed by atoms with Gasteiger partial charge in [0, 0.05) is 31.2 Å². The van der Waals surface area contributed by atoms with E-state index in [1.54, 1.807) is 24.3 Å². The maximum atomic E-state index is 13.1. The largest absolute Gasteiger partial charge is 0.338 e. The van der Waals surface area contributed by atoms with Gasteiger partial charge < -0.3 is 10.2 Å². The number of piperazine rings is 1. The summed E-state index contributed by atoms with van der Waals surface area (Å²) in [5.41, 5.74) is 0.530. The zero-order valence-corrected chi connectivity index (χ0v) is 17.4. The number of carbonyl (C=O) groups is 1. The number of halogens is 1. The zero-order chi connectivity index (χ0) is 18.9. The molecule has 3 rings (SSSR count). The van der Waals surface area contributed by atoms with E-state index >= 15 is 0 Å². The molecule has 2 atom stereocenters. The number of benzene rings is 1. The molecule has 2 heterocycles. The summed E-state index contributed by atoms with van der Waals surface area (Å²) in [5, 5.41) is 3.32. The Hall–Kier alpha value is -1.64. The lowest BCUT2D eigenvalue weighted by atomic mass is 10.0. The third-order valence-electron chi connectivity index (χ3n) is 4.61. The SMILES string of the molecule is CC(C)CC(N=C1NS(=O)(=O)c2ccccc21)C(=O)N1CCNC(C)C1.Cl. The van der Waals surface area contributed by atoms with Crippen molar-refractivity contribution < 1.29 is 13.2 Å². The first-order valence-electron chi connectivity index (χ1n) is 9.00. The molecule has 0 aromatic heterocycles. The zero-order valence-electron chi connectivity index (χ0n) is 15.8. The molecule has 150 valence electrons. The summed E-state index contributed by atoms with van der Waals surface area (Å²) in [6.07, 6.45) is 0.574. The summed E-state index contributed by atoms with van der Waals surface area (Å²) in [6, 6.07) is 6.37. The lowest BCUT2D eigenvalue weighted by Crippen LogP contribution is -2.53. The number of carbonyl (C=O) groups excluding carboxylic acids is 1. The summed E-state index contributed by atoms with van der Waals surface area (Å²) in [5.74, 6) is 0.493. The van der Waals surface area contributed by atoms with Crippen LogP contribution in [0.1, 0.15) is 32.8 Å². The molecule has 1 amide bonds. The van der Waals surface area contributed by atoms with Gasteiger partial charge in [-0.3, -0.25) is 14.5 Å². The Morgan fingerprint density at radius 1 is 1.33 bits per heavy atom. The van der Waals surface area contributed by atoms with Crippen molar-refractivity contribution in [2.24, 2.45) is 10.9 Å². The fourth-order valence-corrected chi connectivity index (χ4v) is 4.62. The number of hydrogen-bond acceptors (Lipinski definition) is 5. The molecule has 1 aromatic rings. The van der Waals surface area contributed by atoms with Crippen molar-refractivity contribution in [1.82, 2.24) is 14.9 Å². The second-order valence-electron chi connectivity index (χ2n) is 7.36. The summed E-state index contributed by atoms with van der Waals surface area (Å²) < 4.78 is 27.1. The lowest BCUT2D eigenvalue weighted by molar-refractivity contribution is -0.134. The molecule has 0 spiro atoms. The van der Waals surface area contributed by atoms with Gasteiger partial charge >= 0.3 is 0 Å². The number of aliphatic imine (C=N–C) groups is 1. The molecule has 2 N–H and O–H groups in total. The maximum absolute atomic E-state index is 13.1. The molecule has 1 saturated heterocycles. The van der Waals surface area contributed by atoms with Gasteiger partial charge in [0.2, 0.25) is 5.91 Å². The minimum atomic E-state index is -3.60. The van der Waals surface area contributed by atoms with Crippen LogP contribution in [0.15, 0.2) is 34.2 Å². The third kappa shape index (κ3) is 4.80. The molecular formula is C18H27ClN4O3S. The van der Waals surface area contributed by atoms with Gasteiger partial charge in [-0.25, -0.2) is 8.42 Å². The number of sulfonamides is 1. The van der Waals surface area contributed by atoms with Crippen molar-refractivity contribution in [3.63, 3.8) is 0 Å². The van der Waals surface area contributed by atoms with Crippen LogP contribution >= 0.6 is 12.4 Å². The number of rotatable bonds is 4. The molecule has 0 bridgehead atoms. The molecule has 1 aromatic carbocycles. The standard InChI is InChI=1S/C18H26N4O3S.ClH/c1-12(2)10-15(18(23)22-9-8-19-13(3)11-22)20-17-14-6-4-5-7-16(14)26(24,25)21-17;/h4-7,12-13,15,19H,8-11H2,1-3H3,(H,20,21);1H. The molecular weight excluding hydrogens is 388 g/mol. The third-order valence-corrected chi connectivity index (χ3v) is 6.00. The Labute approximate surface area is 167 Å². The van der Waals surface area contributed by atoms with E-state index in [-0.39, 0.29) is 41.0 Å². The van der Waals surface area contributed by atoms with Crippen LogP contribution in [0.3, 0.4) is 0 Å². The number of amidine groups is 1. The molecule has 0 saturated carbocycles. The van der Waals surface area contributed by atoms with Crippen molar-refractivity contribution in [3.8, 4) is 0 Å². The first-order valence-corrected chi connectivity index (χ1v) is 10.5. The van der Waals surface area contributed by atoms with Crippen molar-refractivity contribution >= 4 is 34.2 Å². The van der Waals surface area contributed by atoms with E-state index in [0.29, 0.717) is 25.1 Å². The number of fused-ring (bicyclic) bond motifs is 1. The number of nitrogens with zero attached hydrogens (tertiary/aromatic N) is 2. The van der Waals surface area contributed by atoms with Crippen LogP contribution in [0.4, 0.5) is 0 Å². The molecule has 7 nitrogen and oxygen atoms in total. The van der Waals surface area contributed by atoms with Crippen LogP contribution in [-0.2, 0) is 14.8 Å². The summed E-state index contributed by atoms with van der Waals surface area (Å²) in [6.45, 7) is 8.16. The van der Waals surface area contributed by atoms with Gasteiger partial charge in [-0.15, -0.1) is 12.4 Å². The predicted octanol–water partition coefficient (Wildman–Crippen LogP) is 1.38. The van der Waals surface area contributed by atoms with Crippen LogP contribution in [-0.4, -0.2) is 56.8 Å². The lowest BCUT2D eigenvalue weighted by Gasteiger charge is -2.33. The topological polar surface area (TPSA) is 90.9 Å². The minimum Gasteiger partial charge on any atom is -0.338 e. The Kier molecular flexibility index (Phi) is 6.88. The fraction of sp³-hybridized carbons (Fsp3) is 0.556. The van der Waals surface area contributed by atoms with E-state index in [4.69, 9.17) is 0 Å². The Morgan fingerprint density at radius 3 is 2.70 bits per heavy atom. The summed E-state index contributed by atoms with van der Waals surface area (Å²) >= 11 is 0. The number of amides is 1. The van der Waals surface area contributed by atoms with Crippen molar-refractivity contribution in [2.45, 2.75) is 44.2 Å².